The Bertz CT molecular complexity index is 662. The summed E-state index contributed by atoms with van der Waals surface area (Å²) in [4.78, 5) is 38.4. The third-order valence-electron chi connectivity index (χ3n) is 4.30. The van der Waals surface area contributed by atoms with Gasteiger partial charge in [0.1, 0.15) is 12.3 Å². The van der Waals surface area contributed by atoms with Crippen molar-refractivity contribution in [2.24, 2.45) is 0 Å². The van der Waals surface area contributed by atoms with Crippen molar-refractivity contribution in [1.82, 2.24) is 10.2 Å². The first-order valence-corrected chi connectivity index (χ1v) is 10.2. The van der Waals surface area contributed by atoms with Gasteiger partial charge in [0.25, 0.3) is 11.8 Å². The second kappa shape index (κ2) is 12.1. The Morgan fingerprint density at radius 3 is 2.10 bits per heavy atom. The van der Waals surface area contributed by atoms with Crippen LogP contribution < -0.4 is 10.1 Å². The summed E-state index contributed by atoms with van der Waals surface area (Å²) >= 11 is 0. The Morgan fingerprint density at radius 1 is 1.00 bits per heavy atom. The third-order valence-corrected chi connectivity index (χ3v) is 4.30. The monoisotopic (exact) mass is 406 g/mol. The number of amides is 2. The molecule has 1 aromatic carbocycles. The van der Waals surface area contributed by atoms with Crippen molar-refractivity contribution in [2.75, 3.05) is 13.2 Å². The lowest BCUT2D eigenvalue weighted by molar-refractivity contribution is -0.160. The molecule has 1 unspecified atom stereocenters. The maximum Gasteiger partial charge on any atom is 0.326 e. The molecule has 1 N–H and O–H groups in total. The molecule has 0 aromatic heterocycles. The first-order valence-electron chi connectivity index (χ1n) is 10.2. The lowest BCUT2D eigenvalue weighted by Gasteiger charge is -2.32. The van der Waals surface area contributed by atoms with Gasteiger partial charge in [0.2, 0.25) is 0 Å². The summed E-state index contributed by atoms with van der Waals surface area (Å²) < 4.78 is 10.7. The quantitative estimate of drug-likeness (QED) is 0.451. The molecule has 1 aromatic rings. The van der Waals surface area contributed by atoms with Gasteiger partial charge >= 0.3 is 5.97 Å². The zero-order chi connectivity index (χ0) is 22.0. The minimum Gasteiger partial charge on any atom is -0.494 e. The topological polar surface area (TPSA) is 84.9 Å². The summed E-state index contributed by atoms with van der Waals surface area (Å²) in [6.45, 7) is 11.6. The minimum atomic E-state index is -0.913. The Kier molecular flexibility index (Phi) is 10.2. The maximum absolute atomic E-state index is 12.5. The van der Waals surface area contributed by atoms with E-state index in [9.17, 15) is 14.4 Å². The smallest absolute Gasteiger partial charge is 0.326 e. The summed E-state index contributed by atoms with van der Waals surface area (Å²) in [5, 5.41) is 2.51. The van der Waals surface area contributed by atoms with Gasteiger partial charge in [0.05, 0.1) is 6.61 Å². The second-order valence-corrected chi connectivity index (χ2v) is 7.47. The molecule has 0 heterocycles. The number of hydrogen-bond acceptors (Lipinski definition) is 5. The number of hydrogen-bond donors (Lipinski definition) is 1. The van der Waals surface area contributed by atoms with Crippen LogP contribution in [0.15, 0.2) is 24.3 Å². The highest BCUT2D eigenvalue weighted by Gasteiger charge is 2.27. The number of nitrogens with zero attached hydrogens (tertiary/aromatic N) is 1. The van der Waals surface area contributed by atoms with Crippen LogP contribution in [0.25, 0.3) is 0 Å². The van der Waals surface area contributed by atoms with E-state index in [1.54, 1.807) is 29.2 Å². The second-order valence-electron chi connectivity index (χ2n) is 7.47. The summed E-state index contributed by atoms with van der Waals surface area (Å²) in [5.41, 5.74) is 0.413. The first kappa shape index (κ1) is 24.5. The van der Waals surface area contributed by atoms with Crippen LogP contribution in [-0.4, -0.2) is 54.0 Å². The van der Waals surface area contributed by atoms with E-state index in [4.69, 9.17) is 9.47 Å². The van der Waals surface area contributed by atoms with Crippen molar-refractivity contribution in [3.63, 3.8) is 0 Å². The SMILES string of the molecule is CCCCOc1ccc(C(=O)NCC(=O)OC(C)C(=O)N(C(C)C)C(C)C)cc1. The number of benzene rings is 1. The van der Waals surface area contributed by atoms with E-state index >= 15 is 0 Å². The van der Waals surface area contributed by atoms with Crippen LogP contribution in [-0.2, 0) is 14.3 Å². The van der Waals surface area contributed by atoms with Crippen molar-refractivity contribution in [1.29, 1.82) is 0 Å². The molecular formula is C22H34N2O5. The fourth-order valence-electron chi connectivity index (χ4n) is 2.90. The van der Waals surface area contributed by atoms with Gasteiger partial charge in [0.15, 0.2) is 6.10 Å². The average molecular weight is 407 g/mol. The van der Waals surface area contributed by atoms with Crippen LogP contribution in [0.4, 0.5) is 0 Å². The highest BCUT2D eigenvalue weighted by molar-refractivity contribution is 5.96. The van der Waals surface area contributed by atoms with E-state index in [0.29, 0.717) is 17.9 Å². The van der Waals surface area contributed by atoms with Crippen molar-refractivity contribution in [2.45, 2.75) is 72.6 Å². The minimum absolute atomic E-state index is 0.00252. The molecule has 7 nitrogen and oxygen atoms in total. The Hall–Kier alpha value is -2.57. The van der Waals surface area contributed by atoms with Crippen molar-refractivity contribution < 1.29 is 23.9 Å². The summed E-state index contributed by atoms with van der Waals surface area (Å²) in [6, 6.07) is 6.70. The highest BCUT2D eigenvalue weighted by atomic mass is 16.5. The van der Waals surface area contributed by atoms with E-state index in [0.717, 1.165) is 12.8 Å². The van der Waals surface area contributed by atoms with Crippen molar-refractivity contribution in [3.05, 3.63) is 29.8 Å². The summed E-state index contributed by atoms with van der Waals surface area (Å²) in [7, 11) is 0. The number of esters is 1. The molecule has 0 bridgehead atoms. The van der Waals surface area contributed by atoms with Gasteiger partial charge in [-0.1, -0.05) is 13.3 Å². The van der Waals surface area contributed by atoms with E-state index in [2.05, 4.69) is 12.2 Å². The molecule has 0 aliphatic carbocycles. The molecule has 0 fully saturated rings. The molecule has 0 spiro atoms. The van der Waals surface area contributed by atoms with Crippen LogP contribution in [0.2, 0.25) is 0 Å². The van der Waals surface area contributed by atoms with Gasteiger partial charge in [-0.2, -0.15) is 0 Å². The number of nitrogens with one attached hydrogen (secondary N) is 1. The van der Waals surface area contributed by atoms with Crippen LogP contribution >= 0.6 is 0 Å². The van der Waals surface area contributed by atoms with Gasteiger partial charge < -0.3 is 19.7 Å². The van der Waals surface area contributed by atoms with Gasteiger partial charge in [-0.3, -0.25) is 14.4 Å². The van der Waals surface area contributed by atoms with Gasteiger partial charge in [0, 0.05) is 17.6 Å². The Labute approximate surface area is 173 Å². The number of carbonyl (C=O) groups is 3. The van der Waals surface area contributed by atoms with Crippen LogP contribution in [0.1, 0.15) is 64.7 Å². The number of carbonyl (C=O) groups excluding carboxylic acids is 3. The summed E-state index contributed by atoms with van der Waals surface area (Å²) in [5.74, 6) is -0.617. The molecule has 0 aliphatic rings. The molecule has 1 atom stereocenters. The predicted octanol–water partition coefficient (Wildman–Crippen LogP) is 3.17. The molecule has 2 amide bonds. The lowest BCUT2D eigenvalue weighted by Crippen LogP contribution is -2.48. The normalized spacial score (nSPS) is 11.9. The molecule has 0 aliphatic heterocycles. The van der Waals surface area contributed by atoms with Crippen molar-refractivity contribution in [3.8, 4) is 5.75 Å². The largest absolute Gasteiger partial charge is 0.494 e. The fraction of sp³-hybridized carbons (Fsp3) is 0.591. The van der Waals surface area contributed by atoms with Crippen LogP contribution in [0.5, 0.6) is 5.75 Å². The van der Waals surface area contributed by atoms with E-state index < -0.39 is 18.0 Å². The molecule has 29 heavy (non-hydrogen) atoms. The maximum atomic E-state index is 12.5. The number of rotatable bonds is 11. The third kappa shape index (κ3) is 8.13. The molecule has 162 valence electrons. The van der Waals surface area contributed by atoms with E-state index in [1.807, 2.05) is 27.7 Å². The van der Waals surface area contributed by atoms with Gasteiger partial charge in [-0.15, -0.1) is 0 Å². The highest BCUT2D eigenvalue weighted by Crippen LogP contribution is 2.13. The number of ether oxygens (including phenoxy) is 2. The zero-order valence-corrected chi connectivity index (χ0v) is 18.4. The molecule has 7 heteroatoms. The van der Waals surface area contributed by atoms with E-state index in [1.165, 1.54) is 6.92 Å². The molecular weight excluding hydrogens is 372 g/mol. The van der Waals surface area contributed by atoms with Crippen LogP contribution in [0, 0.1) is 0 Å². The van der Waals surface area contributed by atoms with Gasteiger partial charge in [-0.05, 0) is 65.3 Å². The Morgan fingerprint density at radius 2 is 1.59 bits per heavy atom. The van der Waals surface area contributed by atoms with E-state index in [-0.39, 0.29) is 24.5 Å². The lowest BCUT2D eigenvalue weighted by atomic mass is 10.2. The molecule has 0 radical (unpaired) electrons. The van der Waals surface area contributed by atoms with Gasteiger partial charge in [-0.25, -0.2) is 0 Å². The summed E-state index contributed by atoms with van der Waals surface area (Å²) in [6.07, 6.45) is 1.11. The molecule has 0 saturated heterocycles. The molecule has 1 rings (SSSR count). The average Bonchev–Trinajstić information content (AvgIpc) is 2.66. The standard InChI is InChI=1S/C22H34N2O5/c1-7-8-13-28-19-11-9-18(10-12-19)21(26)23-14-20(25)29-17(6)22(27)24(15(2)3)16(4)5/h9-12,15-17H,7-8,13-14H2,1-6H3,(H,23,26). The number of unbranched alkanes of at least 4 members (excludes halogenated alkanes) is 1. The predicted molar refractivity (Wildman–Crippen MR) is 112 cm³/mol. The fourth-order valence-corrected chi connectivity index (χ4v) is 2.90. The van der Waals surface area contributed by atoms with Crippen LogP contribution in [0.3, 0.4) is 0 Å². The first-order chi connectivity index (χ1) is 13.7. The zero-order valence-electron chi connectivity index (χ0n) is 18.4. The van der Waals surface area contributed by atoms with Crippen molar-refractivity contribution >= 4 is 17.8 Å². The molecule has 0 saturated carbocycles. The Balaban J connectivity index is 2.50.